The van der Waals surface area contributed by atoms with E-state index < -0.39 is 30.3 Å². The number of imide groups is 1. The van der Waals surface area contributed by atoms with Crippen LogP contribution in [0.3, 0.4) is 0 Å². The monoisotopic (exact) mass is 361 g/mol. The van der Waals surface area contributed by atoms with Crippen LogP contribution in [0.25, 0.3) is 0 Å². The number of esters is 1. The van der Waals surface area contributed by atoms with Crippen molar-refractivity contribution in [1.82, 2.24) is 15.6 Å². The lowest BCUT2D eigenvalue weighted by atomic mass is 10.3. The van der Waals surface area contributed by atoms with Crippen LogP contribution in [0.15, 0.2) is 23.4 Å². The van der Waals surface area contributed by atoms with Crippen molar-refractivity contribution < 1.29 is 27.9 Å². The normalized spacial score (nSPS) is 11.7. The molecule has 10 heteroatoms. The molecule has 132 valence electrons. The zero-order valence-corrected chi connectivity index (χ0v) is 13.9. The number of urea groups is 1. The number of pyridine rings is 1. The quantitative estimate of drug-likeness (QED) is 0.571. The lowest BCUT2D eigenvalue weighted by Crippen LogP contribution is -2.44. The highest BCUT2D eigenvalue weighted by Crippen LogP contribution is 2.26. The predicted molar refractivity (Wildman–Crippen MR) is 82.8 cm³/mol. The van der Waals surface area contributed by atoms with E-state index in [9.17, 15) is 23.2 Å². The maximum absolute atomic E-state index is 12.4. The molecule has 0 bridgehead atoms. The van der Waals surface area contributed by atoms with Crippen molar-refractivity contribution in [3.05, 3.63) is 23.9 Å². The number of rotatable bonds is 7. The van der Waals surface area contributed by atoms with Crippen molar-refractivity contribution in [3.63, 3.8) is 0 Å². The minimum atomic E-state index is -2.75. The number of aromatic nitrogens is 1. The van der Waals surface area contributed by atoms with Crippen molar-refractivity contribution >= 4 is 29.7 Å². The van der Waals surface area contributed by atoms with Gasteiger partial charge >= 0.3 is 12.0 Å². The minimum absolute atomic E-state index is 0.0976. The highest BCUT2D eigenvalue weighted by Gasteiger charge is 2.19. The smallest absolute Gasteiger partial charge is 0.341 e. The number of alkyl halides is 2. The number of hydrogen-bond acceptors (Lipinski definition) is 6. The van der Waals surface area contributed by atoms with E-state index in [1.807, 2.05) is 12.2 Å². The molecule has 24 heavy (non-hydrogen) atoms. The lowest BCUT2D eigenvalue weighted by Gasteiger charge is -2.12. The third-order valence-corrected chi connectivity index (χ3v) is 3.50. The molecule has 0 spiro atoms. The van der Waals surface area contributed by atoms with Gasteiger partial charge in [-0.15, -0.1) is 0 Å². The molecule has 1 heterocycles. The van der Waals surface area contributed by atoms with E-state index in [2.05, 4.69) is 10.3 Å². The molecule has 1 aromatic rings. The Bertz CT molecular complexity index is 601. The molecule has 0 saturated carbocycles. The fourth-order valence-corrected chi connectivity index (χ4v) is 2.03. The van der Waals surface area contributed by atoms with Gasteiger partial charge in [-0.1, -0.05) is 6.92 Å². The van der Waals surface area contributed by atoms with E-state index in [0.29, 0.717) is 6.42 Å². The second-order valence-corrected chi connectivity index (χ2v) is 5.62. The average Bonchev–Trinajstić information content (AvgIpc) is 2.52. The molecule has 0 aliphatic carbocycles. The van der Waals surface area contributed by atoms with Gasteiger partial charge in [0.25, 0.3) is 11.7 Å². The van der Waals surface area contributed by atoms with Crippen LogP contribution < -0.4 is 10.6 Å². The lowest BCUT2D eigenvalue weighted by molar-refractivity contribution is -0.123. The van der Waals surface area contributed by atoms with Gasteiger partial charge in [-0.2, -0.15) is 8.78 Å². The highest BCUT2D eigenvalue weighted by atomic mass is 32.2. The first-order valence-electron chi connectivity index (χ1n) is 7.00. The molecule has 1 atom stereocenters. The molecule has 2 N–H and O–H groups in total. The molecule has 0 aliphatic heterocycles. The summed E-state index contributed by atoms with van der Waals surface area (Å²) in [6.45, 7) is 2.90. The first-order valence-corrected chi connectivity index (χ1v) is 7.88. The third kappa shape index (κ3) is 6.90. The number of nitrogens with zero attached hydrogens (tertiary/aromatic N) is 1. The molecule has 0 unspecified atom stereocenters. The molecular formula is C14H17F2N3O4S. The van der Waals surface area contributed by atoms with Crippen LogP contribution in [0.2, 0.25) is 0 Å². The van der Waals surface area contributed by atoms with Crippen molar-refractivity contribution in [1.29, 1.82) is 0 Å². The molecule has 0 aliphatic rings. The fraction of sp³-hybridized carbons (Fsp3) is 0.429. The van der Waals surface area contributed by atoms with Crippen LogP contribution in [0.4, 0.5) is 13.6 Å². The van der Waals surface area contributed by atoms with Crippen LogP contribution in [0, 0.1) is 0 Å². The van der Waals surface area contributed by atoms with Crippen molar-refractivity contribution in [2.75, 3.05) is 6.61 Å². The van der Waals surface area contributed by atoms with E-state index in [4.69, 9.17) is 4.74 Å². The van der Waals surface area contributed by atoms with Crippen LogP contribution in [0.5, 0.6) is 0 Å². The maximum atomic E-state index is 12.4. The van der Waals surface area contributed by atoms with E-state index >= 15 is 0 Å². The zero-order valence-electron chi connectivity index (χ0n) is 13.0. The van der Waals surface area contributed by atoms with Gasteiger partial charge in [0.2, 0.25) is 0 Å². The number of hydrogen-bond donors (Lipinski definition) is 2. The zero-order chi connectivity index (χ0) is 18.1. The first kappa shape index (κ1) is 19.8. The highest BCUT2D eigenvalue weighted by molar-refractivity contribution is 7.99. The molecular weight excluding hydrogens is 344 g/mol. The van der Waals surface area contributed by atoms with E-state index in [1.165, 1.54) is 18.3 Å². The Morgan fingerprint density at radius 2 is 2.08 bits per heavy atom. The van der Waals surface area contributed by atoms with Crippen LogP contribution in [-0.2, 0) is 9.53 Å². The minimum Gasteiger partial charge on any atom is -0.452 e. The second kappa shape index (κ2) is 9.81. The Morgan fingerprint density at radius 1 is 1.38 bits per heavy atom. The molecule has 1 aromatic heterocycles. The number of carbonyl (C=O) groups excluding carboxylic acids is 3. The molecule has 0 aromatic carbocycles. The standard InChI is InChI=1S/C14H17F2N3O4S/c1-3-8(2)18-14(22)19-10(20)7-23-12(21)9-5-4-6-17-11(9)24-13(15)16/h4-6,8,13H,3,7H2,1-2H3,(H2,18,19,20,22)/t8-/m1/s1. The molecule has 0 radical (unpaired) electrons. The van der Waals surface area contributed by atoms with Crippen LogP contribution in [-0.4, -0.2) is 41.3 Å². The Balaban J connectivity index is 2.54. The second-order valence-electron chi connectivity index (χ2n) is 4.64. The summed E-state index contributed by atoms with van der Waals surface area (Å²) in [5.74, 6) is -4.57. The summed E-state index contributed by atoms with van der Waals surface area (Å²) < 4.78 is 29.5. The summed E-state index contributed by atoms with van der Waals surface area (Å²) in [7, 11) is 0. The topological polar surface area (TPSA) is 97.4 Å². The average molecular weight is 361 g/mol. The first-order chi connectivity index (χ1) is 11.3. The van der Waals surface area contributed by atoms with E-state index in [-0.39, 0.29) is 28.4 Å². The Kier molecular flexibility index (Phi) is 8.10. The number of thioether (sulfide) groups is 1. The van der Waals surface area contributed by atoms with Crippen LogP contribution in [0.1, 0.15) is 30.6 Å². The summed E-state index contributed by atoms with van der Waals surface area (Å²) >= 11 is 0.0976. The number of halogens is 2. The number of ether oxygens (including phenoxy) is 1. The number of amides is 3. The molecule has 3 amide bonds. The van der Waals surface area contributed by atoms with Crippen molar-refractivity contribution in [2.24, 2.45) is 0 Å². The van der Waals surface area contributed by atoms with Gasteiger partial charge < -0.3 is 10.1 Å². The Morgan fingerprint density at radius 3 is 2.71 bits per heavy atom. The van der Waals surface area contributed by atoms with Gasteiger partial charge in [0.05, 0.1) is 5.56 Å². The largest absolute Gasteiger partial charge is 0.452 e. The number of carbonyl (C=O) groups is 3. The summed E-state index contributed by atoms with van der Waals surface area (Å²) in [6, 6.07) is 1.81. The molecule has 1 rings (SSSR count). The Hall–Kier alpha value is -2.23. The SMILES string of the molecule is CC[C@@H](C)NC(=O)NC(=O)COC(=O)c1cccnc1SC(F)F. The van der Waals surface area contributed by atoms with Gasteiger partial charge in [0.1, 0.15) is 5.03 Å². The van der Waals surface area contributed by atoms with Gasteiger partial charge in [0, 0.05) is 12.2 Å². The van der Waals surface area contributed by atoms with Crippen molar-refractivity contribution in [3.8, 4) is 0 Å². The third-order valence-electron chi connectivity index (χ3n) is 2.77. The number of nitrogens with one attached hydrogen (secondary N) is 2. The summed E-state index contributed by atoms with van der Waals surface area (Å²) in [6.07, 6.45) is 1.94. The van der Waals surface area contributed by atoms with Crippen LogP contribution >= 0.6 is 11.8 Å². The Labute approximate surface area is 141 Å². The van der Waals surface area contributed by atoms with Gasteiger partial charge in [-0.25, -0.2) is 14.6 Å². The van der Waals surface area contributed by atoms with E-state index in [1.54, 1.807) is 6.92 Å². The molecule has 7 nitrogen and oxygen atoms in total. The predicted octanol–water partition coefficient (Wildman–Crippen LogP) is 2.18. The van der Waals surface area contributed by atoms with Gasteiger partial charge in [-0.3, -0.25) is 10.1 Å². The summed E-state index contributed by atoms with van der Waals surface area (Å²) in [5, 5.41) is 4.29. The molecule has 0 saturated heterocycles. The van der Waals surface area contributed by atoms with Gasteiger partial charge in [-0.05, 0) is 37.2 Å². The summed E-state index contributed by atoms with van der Waals surface area (Å²) in [4.78, 5) is 38.5. The van der Waals surface area contributed by atoms with E-state index in [0.717, 1.165) is 0 Å². The maximum Gasteiger partial charge on any atom is 0.341 e. The van der Waals surface area contributed by atoms with Gasteiger partial charge in [0.15, 0.2) is 6.61 Å². The fourth-order valence-electron chi connectivity index (χ4n) is 1.46. The summed E-state index contributed by atoms with van der Waals surface area (Å²) in [5.41, 5.74) is -0.181. The molecule has 0 fully saturated rings. The van der Waals surface area contributed by atoms with Crippen molar-refractivity contribution in [2.45, 2.75) is 37.1 Å².